The maximum Gasteiger partial charge on any atom is 0.408 e. The molecule has 124 valence electrons. The number of carboxylic acids is 2. The number of nitrogens with one attached hydrogen (secondary N) is 1. The molecule has 1 amide bonds. The van der Waals surface area contributed by atoms with Crippen LogP contribution in [0.25, 0.3) is 0 Å². The van der Waals surface area contributed by atoms with Gasteiger partial charge < -0.3 is 26.0 Å². The lowest BCUT2D eigenvalue weighted by atomic mass is 10.2. The molecule has 21 heavy (non-hydrogen) atoms. The van der Waals surface area contributed by atoms with E-state index in [1.165, 1.54) is 0 Å². The van der Waals surface area contributed by atoms with E-state index < -0.39 is 35.7 Å². The maximum absolute atomic E-state index is 11.1. The van der Waals surface area contributed by atoms with Gasteiger partial charge in [0.05, 0.1) is 5.88 Å². The Balaban J connectivity index is 0. The van der Waals surface area contributed by atoms with Gasteiger partial charge in [-0.25, -0.2) is 9.59 Å². The molecule has 0 radical (unpaired) electrons. The van der Waals surface area contributed by atoms with Crippen LogP contribution in [0.15, 0.2) is 0 Å². The van der Waals surface area contributed by atoms with Gasteiger partial charge in [0.25, 0.3) is 0 Å². The average Bonchev–Trinajstić information content (AvgIpc) is 2.32. The maximum atomic E-state index is 11.1. The fraction of sp³-hybridized carbons (Fsp3) is 0.727. The Kier molecular flexibility index (Phi) is 11.0. The molecule has 10 heteroatoms. The second-order valence-corrected chi connectivity index (χ2v) is 5.41. The van der Waals surface area contributed by atoms with Gasteiger partial charge in [-0.1, -0.05) is 0 Å². The molecule has 0 saturated carbocycles. The summed E-state index contributed by atoms with van der Waals surface area (Å²) in [5.41, 5.74) is 4.23. The van der Waals surface area contributed by atoms with E-state index in [1.54, 1.807) is 20.8 Å². The Bertz CT molecular complexity index is 359. The number of amides is 1. The van der Waals surface area contributed by atoms with Crippen LogP contribution in [-0.4, -0.2) is 57.7 Å². The van der Waals surface area contributed by atoms with Crippen LogP contribution in [0.4, 0.5) is 4.79 Å². The first-order chi connectivity index (χ1) is 9.44. The number of alkyl halides is 2. The van der Waals surface area contributed by atoms with E-state index in [9.17, 15) is 14.4 Å². The van der Waals surface area contributed by atoms with E-state index in [0.29, 0.717) is 0 Å². The molecule has 2 atom stereocenters. The second kappa shape index (κ2) is 10.5. The van der Waals surface area contributed by atoms with Gasteiger partial charge in [0.1, 0.15) is 17.7 Å². The third-order valence-electron chi connectivity index (χ3n) is 1.63. The number of carbonyl (C=O) groups excluding carboxylic acids is 1. The van der Waals surface area contributed by atoms with Gasteiger partial charge in [0, 0.05) is 5.88 Å². The van der Waals surface area contributed by atoms with Crippen molar-refractivity contribution in [3.8, 4) is 0 Å². The number of ether oxygens (including phenoxy) is 1. The fourth-order valence-corrected chi connectivity index (χ4v) is 1.02. The monoisotopic (exact) mass is 346 g/mol. The summed E-state index contributed by atoms with van der Waals surface area (Å²) in [6.45, 7) is 5.05. The average molecular weight is 347 g/mol. The molecule has 8 nitrogen and oxygen atoms in total. The summed E-state index contributed by atoms with van der Waals surface area (Å²) in [5, 5.41) is 18.7. The zero-order valence-corrected chi connectivity index (χ0v) is 13.4. The molecule has 0 aliphatic heterocycles. The van der Waals surface area contributed by atoms with Gasteiger partial charge in [-0.05, 0) is 20.8 Å². The minimum absolute atomic E-state index is 0.0324. The van der Waals surface area contributed by atoms with Crippen LogP contribution in [0, 0.1) is 0 Å². The van der Waals surface area contributed by atoms with Crippen molar-refractivity contribution in [2.24, 2.45) is 5.73 Å². The van der Waals surface area contributed by atoms with E-state index in [-0.39, 0.29) is 11.8 Å². The van der Waals surface area contributed by atoms with Crippen LogP contribution in [0.3, 0.4) is 0 Å². The molecular formula is C11H20Cl2N2O6. The molecule has 0 fully saturated rings. The number of rotatable bonds is 5. The molecule has 0 aliphatic carbocycles. The largest absolute Gasteiger partial charge is 0.480 e. The molecule has 2 unspecified atom stereocenters. The molecule has 0 aliphatic rings. The van der Waals surface area contributed by atoms with Crippen LogP contribution >= 0.6 is 23.2 Å². The Morgan fingerprint density at radius 2 is 1.62 bits per heavy atom. The van der Waals surface area contributed by atoms with Gasteiger partial charge in [-0.15, -0.1) is 23.2 Å². The quantitative estimate of drug-likeness (QED) is 0.540. The lowest BCUT2D eigenvalue weighted by Gasteiger charge is -2.21. The minimum atomic E-state index is -1.19. The van der Waals surface area contributed by atoms with Gasteiger partial charge in [0.15, 0.2) is 0 Å². The summed E-state index contributed by atoms with van der Waals surface area (Å²) in [7, 11) is 0. The first kappa shape index (κ1) is 22.0. The lowest BCUT2D eigenvalue weighted by molar-refractivity contribution is -0.139. The predicted octanol–water partition coefficient (Wildman–Crippen LogP) is 0.840. The molecule has 0 spiro atoms. The van der Waals surface area contributed by atoms with Crippen LogP contribution in [0.5, 0.6) is 0 Å². The molecule has 0 bridgehead atoms. The van der Waals surface area contributed by atoms with Gasteiger partial charge >= 0.3 is 18.0 Å². The summed E-state index contributed by atoms with van der Waals surface area (Å²) < 4.78 is 4.85. The topological polar surface area (TPSA) is 139 Å². The van der Waals surface area contributed by atoms with E-state index in [4.69, 9.17) is 43.9 Å². The van der Waals surface area contributed by atoms with Crippen LogP contribution in [0.1, 0.15) is 20.8 Å². The minimum Gasteiger partial charge on any atom is -0.480 e. The van der Waals surface area contributed by atoms with Crippen molar-refractivity contribution in [3.63, 3.8) is 0 Å². The number of alkyl carbamates (subject to hydrolysis) is 1. The molecule has 0 rings (SSSR count). The van der Waals surface area contributed by atoms with Gasteiger partial charge in [0.2, 0.25) is 0 Å². The van der Waals surface area contributed by atoms with Crippen LogP contribution in [-0.2, 0) is 14.3 Å². The highest BCUT2D eigenvalue weighted by molar-refractivity contribution is 6.20. The summed E-state index contributed by atoms with van der Waals surface area (Å²) >= 11 is 10.4. The summed E-state index contributed by atoms with van der Waals surface area (Å²) in [6, 6.07) is -2.03. The number of hydrogen-bond donors (Lipinski definition) is 4. The normalized spacial score (nSPS) is 13.2. The number of halogens is 2. The molecule has 0 aromatic carbocycles. The molecule has 0 saturated heterocycles. The Morgan fingerprint density at radius 3 is 1.81 bits per heavy atom. The first-order valence-corrected chi connectivity index (χ1v) is 6.84. The van der Waals surface area contributed by atoms with Crippen molar-refractivity contribution in [1.29, 1.82) is 0 Å². The van der Waals surface area contributed by atoms with Crippen molar-refractivity contribution < 1.29 is 29.3 Å². The predicted molar refractivity (Wildman–Crippen MR) is 77.8 cm³/mol. The highest BCUT2D eigenvalue weighted by Gasteiger charge is 2.22. The smallest absolute Gasteiger partial charge is 0.408 e. The summed E-state index contributed by atoms with van der Waals surface area (Å²) in [6.07, 6.45) is -0.787. The third kappa shape index (κ3) is 13.5. The van der Waals surface area contributed by atoms with Crippen molar-refractivity contribution in [2.45, 2.75) is 38.5 Å². The molecule has 0 heterocycles. The van der Waals surface area contributed by atoms with E-state index >= 15 is 0 Å². The fourth-order valence-electron chi connectivity index (χ4n) is 0.682. The Labute approximate surface area is 132 Å². The van der Waals surface area contributed by atoms with Crippen LogP contribution in [0.2, 0.25) is 0 Å². The second-order valence-electron chi connectivity index (χ2n) is 4.79. The standard InChI is InChI=1S/C8H14ClNO4.C3H6ClNO2/c1-8(2,3)14-7(13)10-5(4-9)6(11)12;4-1-2(5)3(6)7/h5H,4H2,1-3H3,(H,10,13)(H,11,12);2H,1,5H2,(H,6,7). The number of nitrogens with two attached hydrogens (primary N) is 1. The highest BCUT2D eigenvalue weighted by Crippen LogP contribution is 2.06. The third-order valence-corrected chi connectivity index (χ3v) is 2.27. The molecule has 0 aromatic heterocycles. The molecular weight excluding hydrogens is 327 g/mol. The number of hydrogen-bond acceptors (Lipinski definition) is 5. The molecule has 5 N–H and O–H groups in total. The Morgan fingerprint density at radius 1 is 1.14 bits per heavy atom. The van der Waals surface area contributed by atoms with Gasteiger partial charge in [-0.2, -0.15) is 0 Å². The number of aliphatic carboxylic acids is 2. The zero-order chi connectivity index (χ0) is 17.2. The SMILES string of the molecule is CC(C)(C)OC(=O)NC(CCl)C(=O)O.NC(CCl)C(=O)O. The van der Waals surface area contributed by atoms with Gasteiger partial charge in [-0.3, -0.25) is 4.79 Å². The highest BCUT2D eigenvalue weighted by atomic mass is 35.5. The number of carbonyl (C=O) groups is 3. The number of carboxylic acid groups (broad SMARTS) is 2. The van der Waals surface area contributed by atoms with Crippen molar-refractivity contribution in [2.75, 3.05) is 11.8 Å². The van der Waals surface area contributed by atoms with Crippen LogP contribution < -0.4 is 11.1 Å². The van der Waals surface area contributed by atoms with Crippen molar-refractivity contribution in [1.82, 2.24) is 5.32 Å². The van der Waals surface area contributed by atoms with Crippen molar-refractivity contribution >= 4 is 41.2 Å². The van der Waals surface area contributed by atoms with Crippen molar-refractivity contribution in [3.05, 3.63) is 0 Å². The van der Waals surface area contributed by atoms with E-state index in [1.807, 2.05) is 0 Å². The lowest BCUT2D eigenvalue weighted by Crippen LogP contribution is -2.44. The summed E-state index contributed by atoms with van der Waals surface area (Å²) in [5.74, 6) is -2.48. The van der Waals surface area contributed by atoms with E-state index in [0.717, 1.165) is 0 Å². The molecule has 0 aromatic rings. The van der Waals surface area contributed by atoms with E-state index in [2.05, 4.69) is 5.32 Å². The zero-order valence-electron chi connectivity index (χ0n) is 11.9. The first-order valence-electron chi connectivity index (χ1n) is 5.77. The summed E-state index contributed by atoms with van der Waals surface area (Å²) in [4.78, 5) is 31.3. The Hall–Kier alpha value is -1.25.